The number of halogens is 1. The third-order valence-corrected chi connectivity index (χ3v) is 6.25. The number of hydrogen-bond acceptors (Lipinski definition) is 2. The number of aryl methyl sites for hydroxylation is 2. The van der Waals surface area contributed by atoms with Crippen molar-refractivity contribution in [1.29, 1.82) is 0 Å². The van der Waals surface area contributed by atoms with Gasteiger partial charge in [0.25, 0.3) is 0 Å². The molecule has 22 heavy (non-hydrogen) atoms. The van der Waals surface area contributed by atoms with Gasteiger partial charge in [0.05, 0.1) is 0 Å². The van der Waals surface area contributed by atoms with E-state index in [1.165, 1.54) is 30.4 Å². The second-order valence-electron chi connectivity index (χ2n) is 6.89. The average Bonchev–Trinajstić information content (AvgIpc) is 2.97. The van der Waals surface area contributed by atoms with E-state index in [4.69, 9.17) is 0 Å². The van der Waals surface area contributed by atoms with Gasteiger partial charge in [-0.05, 0) is 61.8 Å². The van der Waals surface area contributed by atoms with Crippen molar-refractivity contribution in [3.05, 3.63) is 33.8 Å². The first-order chi connectivity index (χ1) is 10.6. The number of piperidine rings is 1. The number of hydrogen-bond donors (Lipinski definition) is 1. The fourth-order valence-corrected chi connectivity index (χ4v) is 3.97. The predicted octanol–water partition coefficient (Wildman–Crippen LogP) is 3.29. The zero-order chi connectivity index (χ0) is 15.6. The van der Waals surface area contributed by atoms with Crippen molar-refractivity contribution in [2.45, 2.75) is 39.0 Å². The second kappa shape index (κ2) is 6.71. The Kier molecular flexibility index (Phi) is 4.88. The van der Waals surface area contributed by atoms with Crippen molar-refractivity contribution in [2.24, 2.45) is 5.41 Å². The zero-order valence-corrected chi connectivity index (χ0v) is 14.9. The molecule has 1 spiro atoms. The maximum Gasteiger partial charge on any atom is 0.222 e. The van der Waals surface area contributed by atoms with Crippen LogP contribution in [0.4, 0.5) is 0 Å². The number of nitrogens with one attached hydrogen (secondary N) is 1. The van der Waals surface area contributed by atoms with E-state index in [1.807, 2.05) is 0 Å². The summed E-state index contributed by atoms with van der Waals surface area (Å²) in [5, 5.41) is 3.48. The van der Waals surface area contributed by atoms with E-state index in [9.17, 15) is 4.79 Å². The molecule has 120 valence electrons. The van der Waals surface area contributed by atoms with Gasteiger partial charge in [-0.25, -0.2) is 0 Å². The van der Waals surface area contributed by atoms with Gasteiger partial charge < -0.3 is 10.2 Å². The topological polar surface area (TPSA) is 32.3 Å². The van der Waals surface area contributed by atoms with Crippen LogP contribution in [0.2, 0.25) is 0 Å². The lowest BCUT2D eigenvalue weighted by Crippen LogP contribution is -2.44. The highest BCUT2D eigenvalue weighted by Crippen LogP contribution is 2.37. The molecule has 0 saturated carbocycles. The van der Waals surface area contributed by atoms with Crippen LogP contribution >= 0.6 is 15.9 Å². The van der Waals surface area contributed by atoms with Crippen molar-refractivity contribution in [3.8, 4) is 0 Å². The van der Waals surface area contributed by atoms with Gasteiger partial charge in [-0.1, -0.05) is 28.1 Å². The highest BCUT2D eigenvalue weighted by Gasteiger charge is 2.37. The Hall–Kier alpha value is -0.870. The SMILES string of the molecule is Cc1cc(CCC(=O)N2CCC3(CCNC3)CC2)ccc1Br. The molecule has 0 radical (unpaired) electrons. The van der Waals surface area contributed by atoms with E-state index in [0.717, 1.165) is 37.1 Å². The van der Waals surface area contributed by atoms with E-state index in [2.05, 4.69) is 51.3 Å². The largest absolute Gasteiger partial charge is 0.343 e. The summed E-state index contributed by atoms with van der Waals surface area (Å²) in [4.78, 5) is 14.5. The van der Waals surface area contributed by atoms with E-state index in [0.29, 0.717) is 17.7 Å². The van der Waals surface area contributed by atoms with Crippen LogP contribution in [0.25, 0.3) is 0 Å². The van der Waals surface area contributed by atoms with Crippen LogP contribution in [0.1, 0.15) is 36.8 Å². The zero-order valence-electron chi connectivity index (χ0n) is 13.3. The average molecular weight is 365 g/mol. The number of likely N-dealkylation sites (tertiary alicyclic amines) is 1. The summed E-state index contributed by atoms with van der Waals surface area (Å²) in [6.07, 6.45) is 5.10. The third kappa shape index (κ3) is 3.54. The Bertz CT molecular complexity index is 542. The quantitative estimate of drug-likeness (QED) is 0.892. The van der Waals surface area contributed by atoms with Gasteiger partial charge in [0.15, 0.2) is 0 Å². The molecule has 2 aliphatic heterocycles. The Morgan fingerprint density at radius 1 is 1.32 bits per heavy atom. The molecule has 2 aliphatic rings. The van der Waals surface area contributed by atoms with Gasteiger partial charge in [-0.2, -0.15) is 0 Å². The van der Waals surface area contributed by atoms with Gasteiger partial charge in [0.2, 0.25) is 5.91 Å². The fourth-order valence-electron chi connectivity index (χ4n) is 3.72. The van der Waals surface area contributed by atoms with Gasteiger partial charge in [-0.15, -0.1) is 0 Å². The maximum absolute atomic E-state index is 12.4. The number of nitrogens with zero attached hydrogens (tertiary/aromatic N) is 1. The molecule has 1 aromatic carbocycles. The Balaban J connectivity index is 1.49. The summed E-state index contributed by atoms with van der Waals surface area (Å²) in [5.41, 5.74) is 2.97. The van der Waals surface area contributed by atoms with Crippen LogP contribution < -0.4 is 5.32 Å². The fraction of sp³-hybridized carbons (Fsp3) is 0.611. The number of rotatable bonds is 3. The first kappa shape index (κ1) is 16.0. The standard InChI is InChI=1S/C18H25BrN2O/c1-14-12-15(2-4-16(14)19)3-5-17(22)21-10-7-18(8-11-21)6-9-20-13-18/h2,4,12,20H,3,5-11,13H2,1H3. The van der Waals surface area contributed by atoms with E-state index in [-0.39, 0.29) is 0 Å². The smallest absolute Gasteiger partial charge is 0.222 e. The lowest BCUT2D eigenvalue weighted by atomic mass is 9.78. The molecule has 3 nitrogen and oxygen atoms in total. The predicted molar refractivity (Wildman–Crippen MR) is 92.9 cm³/mol. The van der Waals surface area contributed by atoms with Gasteiger partial charge >= 0.3 is 0 Å². The van der Waals surface area contributed by atoms with Crippen molar-refractivity contribution in [1.82, 2.24) is 10.2 Å². The molecule has 2 saturated heterocycles. The van der Waals surface area contributed by atoms with Crippen LogP contribution in [0.3, 0.4) is 0 Å². The van der Waals surface area contributed by atoms with Crippen molar-refractivity contribution in [2.75, 3.05) is 26.2 Å². The number of carbonyl (C=O) groups is 1. The Labute approximate surface area is 141 Å². The molecule has 1 amide bonds. The van der Waals surface area contributed by atoms with Gasteiger partial charge in [-0.3, -0.25) is 4.79 Å². The summed E-state index contributed by atoms with van der Waals surface area (Å²) < 4.78 is 1.13. The minimum Gasteiger partial charge on any atom is -0.343 e. The second-order valence-corrected chi connectivity index (χ2v) is 7.75. The molecule has 2 heterocycles. The van der Waals surface area contributed by atoms with Crippen LogP contribution in [-0.2, 0) is 11.2 Å². The summed E-state index contributed by atoms with van der Waals surface area (Å²) in [5.74, 6) is 0.321. The lowest BCUT2D eigenvalue weighted by Gasteiger charge is -2.39. The summed E-state index contributed by atoms with van der Waals surface area (Å²) in [6.45, 7) is 6.28. The number of carbonyl (C=O) groups excluding carboxylic acids is 1. The van der Waals surface area contributed by atoms with Crippen LogP contribution in [0.5, 0.6) is 0 Å². The molecule has 0 unspecified atom stereocenters. The van der Waals surface area contributed by atoms with Crippen LogP contribution in [-0.4, -0.2) is 37.0 Å². The highest BCUT2D eigenvalue weighted by atomic mass is 79.9. The first-order valence-corrected chi connectivity index (χ1v) is 9.11. The Morgan fingerprint density at radius 2 is 2.09 bits per heavy atom. The molecule has 1 aromatic rings. The lowest BCUT2D eigenvalue weighted by molar-refractivity contribution is -0.133. The summed E-state index contributed by atoms with van der Waals surface area (Å²) in [7, 11) is 0. The molecular weight excluding hydrogens is 340 g/mol. The molecule has 0 atom stereocenters. The van der Waals surface area contributed by atoms with Crippen LogP contribution in [0, 0.1) is 12.3 Å². The molecule has 3 rings (SSSR count). The maximum atomic E-state index is 12.4. The summed E-state index contributed by atoms with van der Waals surface area (Å²) in [6, 6.07) is 6.36. The van der Waals surface area contributed by atoms with Crippen molar-refractivity contribution >= 4 is 21.8 Å². The number of amides is 1. The first-order valence-electron chi connectivity index (χ1n) is 8.32. The van der Waals surface area contributed by atoms with E-state index >= 15 is 0 Å². The molecule has 4 heteroatoms. The normalized spacial score (nSPS) is 20.5. The monoisotopic (exact) mass is 364 g/mol. The van der Waals surface area contributed by atoms with Crippen LogP contribution in [0.15, 0.2) is 22.7 Å². The van der Waals surface area contributed by atoms with Gasteiger partial charge in [0.1, 0.15) is 0 Å². The third-order valence-electron chi connectivity index (χ3n) is 5.36. The summed E-state index contributed by atoms with van der Waals surface area (Å²) >= 11 is 3.52. The molecule has 2 fully saturated rings. The molecule has 0 aliphatic carbocycles. The highest BCUT2D eigenvalue weighted by molar-refractivity contribution is 9.10. The minimum absolute atomic E-state index is 0.321. The molecular formula is C18H25BrN2O. The Morgan fingerprint density at radius 3 is 2.73 bits per heavy atom. The molecule has 1 N–H and O–H groups in total. The molecule has 0 bridgehead atoms. The molecule has 0 aromatic heterocycles. The number of benzene rings is 1. The van der Waals surface area contributed by atoms with Crippen molar-refractivity contribution < 1.29 is 4.79 Å². The van der Waals surface area contributed by atoms with E-state index < -0.39 is 0 Å². The van der Waals surface area contributed by atoms with Crippen molar-refractivity contribution in [3.63, 3.8) is 0 Å². The van der Waals surface area contributed by atoms with Gasteiger partial charge in [0, 0.05) is 30.5 Å². The minimum atomic E-state index is 0.321. The van der Waals surface area contributed by atoms with E-state index in [1.54, 1.807) is 0 Å².